The van der Waals surface area contributed by atoms with Crippen LogP contribution in [0.4, 0.5) is 0 Å². The molecule has 0 aliphatic rings. The summed E-state index contributed by atoms with van der Waals surface area (Å²) in [5.74, 6) is 0. The molecule has 1 heterocycles. The zero-order valence-corrected chi connectivity index (χ0v) is 11.7. The van der Waals surface area contributed by atoms with Crippen LogP contribution in [0.15, 0.2) is 51.7 Å². The van der Waals surface area contributed by atoms with E-state index in [2.05, 4.69) is 33.4 Å². The number of rotatable bonds is 7. The molecule has 96 valence electrons. The van der Waals surface area contributed by atoms with E-state index in [1.807, 2.05) is 18.2 Å². The topological polar surface area (TPSA) is 34.4 Å². The van der Waals surface area contributed by atoms with Crippen molar-refractivity contribution in [1.29, 1.82) is 0 Å². The average Bonchev–Trinajstić information content (AvgIpc) is 2.89. The van der Waals surface area contributed by atoms with Crippen molar-refractivity contribution in [1.82, 2.24) is 5.32 Å². The van der Waals surface area contributed by atoms with Gasteiger partial charge < -0.3 is 14.5 Å². The van der Waals surface area contributed by atoms with Gasteiger partial charge in [0, 0.05) is 23.1 Å². The minimum Gasteiger partial charge on any atom is -0.472 e. The summed E-state index contributed by atoms with van der Waals surface area (Å²) in [7, 11) is 0. The Morgan fingerprint density at radius 3 is 2.67 bits per heavy atom. The Labute approximate surface area is 115 Å². The van der Waals surface area contributed by atoms with Crippen LogP contribution in [0.1, 0.15) is 11.1 Å². The van der Waals surface area contributed by atoms with E-state index in [0.29, 0.717) is 13.2 Å². The molecule has 1 N–H and O–H groups in total. The number of furan rings is 1. The van der Waals surface area contributed by atoms with Crippen molar-refractivity contribution in [2.45, 2.75) is 13.2 Å². The zero-order chi connectivity index (χ0) is 12.6. The van der Waals surface area contributed by atoms with Gasteiger partial charge in [-0.3, -0.25) is 0 Å². The second kappa shape index (κ2) is 7.36. The SMILES string of the molecule is Brc1ccc(COCCNCc2ccoc2)cc1. The van der Waals surface area contributed by atoms with Crippen LogP contribution in [0, 0.1) is 0 Å². The number of nitrogens with one attached hydrogen (secondary N) is 1. The average molecular weight is 310 g/mol. The highest BCUT2D eigenvalue weighted by Crippen LogP contribution is 2.10. The molecule has 0 aliphatic heterocycles. The summed E-state index contributed by atoms with van der Waals surface area (Å²) in [4.78, 5) is 0. The summed E-state index contributed by atoms with van der Waals surface area (Å²) < 4.78 is 11.7. The molecule has 1 aromatic heterocycles. The Morgan fingerprint density at radius 2 is 1.94 bits per heavy atom. The molecule has 0 radical (unpaired) electrons. The standard InChI is InChI=1S/C14H16BrNO2/c15-14-3-1-12(2-4-14)10-18-8-6-16-9-13-5-7-17-11-13/h1-5,7,11,16H,6,8-10H2. The van der Waals surface area contributed by atoms with Crippen LogP contribution in [0.25, 0.3) is 0 Å². The molecule has 0 amide bonds. The fraction of sp³-hybridized carbons (Fsp3) is 0.286. The lowest BCUT2D eigenvalue weighted by Gasteiger charge is -2.05. The van der Waals surface area contributed by atoms with Crippen LogP contribution in [0.2, 0.25) is 0 Å². The Morgan fingerprint density at radius 1 is 1.11 bits per heavy atom. The third kappa shape index (κ3) is 4.64. The first kappa shape index (κ1) is 13.3. The molecular weight excluding hydrogens is 294 g/mol. The highest BCUT2D eigenvalue weighted by Gasteiger charge is 1.95. The van der Waals surface area contributed by atoms with E-state index in [-0.39, 0.29) is 0 Å². The van der Waals surface area contributed by atoms with Crippen molar-refractivity contribution >= 4 is 15.9 Å². The van der Waals surface area contributed by atoms with Crippen LogP contribution < -0.4 is 5.32 Å². The molecule has 0 saturated carbocycles. The van der Waals surface area contributed by atoms with Gasteiger partial charge in [-0.15, -0.1) is 0 Å². The molecule has 0 spiro atoms. The molecular formula is C14H16BrNO2. The van der Waals surface area contributed by atoms with Crippen LogP contribution >= 0.6 is 15.9 Å². The van der Waals surface area contributed by atoms with Gasteiger partial charge in [-0.25, -0.2) is 0 Å². The van der Waals surface area contributed by atoms with Crippen molar-refractivity contribution < 1.29 is 9.15 Å². The van der Waals surface area contributed by atoms with E-state index in [0.717, 1.165) is 23.1 Å². The Bertz CT molecular complexity index is 439. The van der Waals surface area contributed by atoms with Gasteiger partial charge in [-0.2, -0.15) is 0 Å². The van der Waals surface area contributed by atoms with E-state index in [9.17, 15) is 0 Å². The van der Waals surface area contributed by atoms with Gasteiger partial charge in [-0.05, 0) is 23.8 Å². The van der Waals surface area contributed by atoms with Crippen molar-refractivity contribution in [2.24, 2.45) is 0 Å². The molecule has 18 heavy (non-hydrogen) atoms. The third-order valence-electron chi connectivity index (χ3n) is 2.51. The van der Waals surface area contributed by atoms with Crippen LogP contribution in [-0.2, 0) is 17.9 Å². The summed E-state index contributed by atoms with van der Waals surface area (Å²) in [5, 5.41) is 3.29. The maximum Gasteiger partial charge on any atom is 0.0947 e. The number of halogens is 1. The first-order valence-electron chi connectivity index (χ1n) is 5.88. The Hall–Kier alpha value is -1.10. The van der Waals surface area contributed by atoms with Gasteiger partial charge in [0.2, 0.25) is 0 Å². The van der Waals surface area contributed by atoms with Gasteiger partial charge >= 0.3 is 0 Å². The summed E-state index contributed by atoms with van der Waals surface area (Å²) in [6, 6.07) is 10.1. The largest absolute Gasteiger partial charge is 0.472 e. The zero-order valence-electron chi connectivity index (χ0n) is 10.1. The highest BCUT2D eigenvalue weighted by atomic mass is 79.9. The minimum atomic E-state index is 0.653. The lowest BCUT2D eigenvalue weighted by molar-refractivity contribution is 0.122. The van der Waals surface area contributed by atoms with Gasteiger partial charge in [0.05, 0.1) is 25.7 Å². The maximum atomic E-state index is 5.58. The summed E-state index contributed by atoms with van der Waals surface area (Å²) in [5.41, 5.74) is 2.34. The normalized spacial score (nSPS) is 10.7. The van der Waals surface area contributed by atoms with E-state index >= 15 is 0 Å². The molecule has 0 fully saturated rings. The lowest BCUT2D eigenvalue weighted by Crippen LogP contribution is -2.18. The Balaban J connectivity index is 1.55. The molecule has 3 nitrogen and oxygen atoms in total. The number of hydrogen-bond acceptors (Lipinski definition) is 3. The molecule has 0 aliphatic carbocycles. The first-order valence-corrected chi connectivity index (χ1v) is 6.68. The summed E-state index contributed by atoms with van der Waals surface area (Å²) >= 11 is 3.41. The van der Waals surface area contributed by atoms with E-state index in [1.165, 1.54) is 5.56 Å². The van der Waals surface area contributed by atoms with Crippen molar-refractivity contribution in [3.63, 3.8) is 0 Å². The lowest BCUT2D eigenvalue weighted by atomic mass is 10.2. The quantitative estimate of drug-likeness (QED) is 0.797. The number of ether oxygens (including phenoxy) is 1. The van der Waals surface area contributed by atoms with E-state index in [4.69, 9.17) is 9.15 Å². The second-order valence-electron chi connectivity index (χ2n) is 3.99. The molecule has 2 rings (SSSR count). The predicted octanol–water partition coefficient (Wildman–Crippen LogP) is 3.35. The second-order valence-corrected chi connectivity index (χ2v) is 4.90. The molecule has 0 saturated heterocycles. The van der Waals surface area contributed by atoms with E-state index < -0.39 is 0 Å². The van der Waals surface area contributed by atoms with Crippen LogP contribution in [-0.4, -0.2) is 13.2 Å². The minimum absolute atomic E-state index is 0.653. The number of hydrogen-bond donors (Lipinski definition) is 1. The molecule has 4 heteroatoms. The fourth-order valence-electron chi connectivity index (χ4n) is 1.54. The van der Waals surface area contributed by atoms with Crippen LogP contribution in [0.3, 0.4) is 0 Å². The van der Waals surface area contributed by atoms with E-state index in [1.54, 1.807) is 12.5 Å². The van der Waals surface area contributed by atoms with Crippen molar-refractivity contribution in [2.75, 3.05) is 13.2 Å². The van der Waals surface area contributed by atoms with Gasteiger partial charge in [0.15, 0.2) is 0 Å². The molecule has 0 bridgehead atoms. The fourth-order valence-corrected chi connectivity index (χ4v) is 1.81. The first-order chi connectivity index (χ1) is 8.84. The maximum absolute atomic E-state index is 5.58. The Kier molecular flexibility index (Phi) is 5.45. The van der Waals surface area contributed by atoms with Gasteiger partial charge in [-0.1, -0.05) is 28.1 Å². The smallest absolute Gasteiger partial charge is 0.0947 e. The summed E-state index contributed by atoms with van der Waals surface area (Å²) in [6.07, 6.45) is 3.43. The van der Waals surface area contributed by atoms with Crippen LogP contribution in [0.5, 0.6) is 0 Å². The molecule has 2 aromatic rings. The monoisotopic (exact) mass is 309 g/mol. The van der Waals surface area contributed by atoms with Gasteiger partial charge in [0.25, 0.3) is 0 Å². The number of benzene rings is 1. The molecule has 0 unspecified atom stereocenters. The molecule has 0 atom stereocenters. The molecule has 1 aromatic carbocycles. The van der Waals surface area contributed by atoms with Crippen molar-refractivity contribution in [3.8, 4) is 0 Å². The predicted molar refractivity (Wildman–Crippen MR) is 74.2 cm³/mol. The van der Waals surface area contributed by atoms with Gasteiger partial charge in [0.1, 0.15) is 0 Å². The highest BCUT2D eigenvalue weighted by molar-refractivity contribution is 9.10. The van der Waals surface area contributed by atoms with Crippen molar-refractivity contribution in [3.05, 3.63) is 58.5 Å². The third-order valence-corrected chi connectivity index (χ3v) is 3.04. The summed E-state index contributed by atoms with van der Waals surface area (Å²) in [6.45, 7) is 3.01.